The molecule has 140 valence electrons. The molecule has 1 saturated carbocycles. The highest BCUT2D eigenvalue weighted by Gasteiger charge is 2.23. The fourth-order valence-electron chi connectivity index (χ4n) is 3.04. The summed E-state index contributed by atoms with van der Waals surface area (Å²) in [6.45, 7) is 6.35. The van der Waals surface area contributed by atoms with E-state index in [0.29, 0.717) is 29.8 Å². The number of amides is 1. The summed E-state index contributed by atoms with van der Waals surface area (Å²) < 4.78 is 26.7. The number of carbonyl (C=O) groups excluding carboxylic acids is 1. The van der Waals surface area contributed by atoms with Crippen LogP contribution in [-0.2, 0) is 14.8 Å². The Bertz CT molecular complexity index is 694. The molecule has 0 saturated heterocycles. The van der Waals surface area contributed by atoms with Gasteiger partial charge in [-0.25, -0.2) is 8.42 Å². The lowest BCUT2D eigenvalue weighted by molar-refractivity contribution is -0.113. The zero-order chi connectivity index (χ0) is 18.4. The number of hydrogen-bond acceptors (Lipinski definition) is 4. The number of sulfonamides is 1. The van der Waals surface area contributed by atoms with E-state index in [2.05, 4.69) is 5.32 Å². The van der Waals surface area contributed by atoms with Crippen LogP contribution in [0.15, 0.2) is 23.1 Å². The van der Waals surface area contributed by atoms with Gasteiger partial charge >= 0.3 is 0 Å². The molecular formula is C18H28N2O3S2. The molecule has 0 aliphatic heterocycles. The van der Waals surface area contributed by atoms with Gasteiger partial charge in [-0.05, 0) is 37.5 Å². The lowest BCUT2D eigenvalue weighted by atomic mass is 10.2. The maximum atomic E-state index is 12.7. The average Bonchev–Trinajstić information content (AvgIpc) is 3.09. The van der Waals surface area contributed by atoms with E-state index in [1.165, 1.54) is 30.0 Å². The monoisotopic (exact) mass is 384 g/mol. The van der Waals surface area contributed by atoms with Gasteiger partial charge in [0.25, 0.3) is 0 Å². The predicted octanol–water partition coefficient (Wildman–Crippen LogP) is 3.64. The van der Waals surface area contributed by atoms with Crippen molar-refractivity contribution >= 4 is 33.4 Å². The minimum atomic E-state index is -3.52. The zero-order valence-corrected chi connectivity index (χ0v) is 16.9. The highest BCUT2D eigenvalue weighted by atomic mass is 32.2. The van der Waals surface area contributed by atoms with E-state index in [1.807, 2.05) is 20.8 Å². The SMILES string of the molecule is CCN(CC)S(=O)(=O)c1ccc(C)c(NC(=O)CSC2CCCC2)c1. The Labute approximate surface area is 155 Å². The molecule has 1 aromatic carbocycles. The van der Waals surface area contributed by atoms with Gasteiger partial charge in [0, 0.05) is 24.0 Å². The maximum absolute atomic E-state index is 12.7. The summed E-state index contributed by atoms with van der Waals surface area (Å²) in [5.74, 6) is 0.342. The quantitative estimate of drug-likeness (QED) is 0.743. The molecule has 1 aliphatic carbocycles. The molecule has 1 amide bonds. The van der Waals surface area contributed by atoms with Crippen LogP contribution in [0.4, 0.5) is 5.69 Å². The van der Waals surface area contributed by atoms with Gasteiger partial charge in [0.05, 0.1) is 10.6 Å². The van der Waals surface area contributed by atoms with Crippen molar-refractivity contribution < 1.29 is 13.2 Å². The Morgan fingerprint density at radius 3 is 2.48 bits per heavy atom. The number of nitrogens with zero attached hydrogens (tertiary/aromatic N) is 1. The minimum absolute atomic E-state index is 0.0719. The second-order valence-electron chi connectivity index (χ2n) is 6.33. The van der Waals surface area contributed by atoms with Gasteiger partial charge in [0.2, 0.25) is 15.9 Å². The van der Waals surface area contributed by atoms with Crippen molar-refractivity contribution in [1.29, 1.82) is 0 Å². The molecule has 0 aromatic heterocycles. The Kier molecular flexibility index (Phi) is 7.34. The summed E-state index contributed by atoms with van der Waals surface area (Å²) >= 11 is 1.70. The smallest absolute Gasteiger partial charge is 0.243 e. The molecule has 1 aliphatic rings. The zero-order valence-electron chi connectivity index (χ0n) is 15.2. The van der Waals surface area contributed by atoms with Gasteiger partial charge in [-0.2, -0.15) is 4.31 Å². The Morgan fingerprint density at radius 2 is 1.88 bits per heavy atom. The normalized spacial score (nSPS) is 15.7. The van der Waals surface area contributed by atoms with E-state index < -0.39 is 10.0 Å². The van der Waals surface area contributed by atoms with Crippen LogP contribution < -0.4 is 5.32 Å². The predicted molar refractivity (Wildman–Crippen MR) is 105 cm³/mol. The van der Waals surface area contributed by atoms with Crippen LogP contribution in [-0.4, -0.2) is 42.7 Å². The Hall–Kier alpha value is -1.05. The first-order valence-corrected chi connectivity index (χ1v) is 11.4. The number of nitrogens with one attached hydrogen (secondary N) is 1. The van der Waals surface area contributed by atoms with E-state index in [1.54, 1.807) is 30.0 Å². The van der Waals surface area contributed by atoms with Crippen LogP contribution in [0.3, 0.4) is 0 Å². The number of anilines is 1. The summed E-state index contributed by atoms with van der Waals surface area (Å²) in [5.41, 5.74) is 1.43. The van der Waals surface area contributed by atoms with Crippen LogP contribution in [0, 0.1) is 6.92 Å². The molecule has 1 aromatic rings. The van der Waals surface area contributed by atoms with Crippen molar-refractivity contribution in [1.82, 2.24) is 4.31 Å². The number of benzene rings is 1. The summed E-state index contributed by atoms with van der Waals surface area (Å²) in [4.78, 5) is 12.5. The number of thioether (sulfide) groups is 1. The van der Waals surface area contributed by atoms with Crippen LogP contribution in [0.25, 0.3) is 0 Å². The second kappa shape index (κ2) is 9.05. The lowest BCUT2D eigenvalue weighted by Gasteiger charge is -2.19. The van der Waals surface area contributed by atoms with Crippen molar-refractivity contribution in [2.75, 3.05) is 24.2 Å². The number of hydrogen-bond donors (Lipinski definition) is 1. The molecule has 0 heterocycles. The molecule has 0 radical (unpaired) electrons. The van der Waals surface area contributed by atoms with Crippen molar-refractivity contribution in [2.45, 2.75) is 56.6 Å². The van der Waals surface area contributed by atoms with E-state index in [0.717, 1.165) is 5.56 Å². The Morgan fingerprint density at radius 1 is 1.24 bits per heavy atom. The molecule has 0 atom stereocenters. The number of rotatable bonds is 8. The third-order valence-electron chi connectivity index (χ3n) is 4.58. The van der Waals surface area contributed by atoms with Crippen molar-refractivity contribution in [3.8, 4) is 0 Å². The van der Waals surface area contributed by atoms with E-state index in [-0.39, 0.29) is 10.8 Å². The van der Waals surface area contributed by atoms with E-state index in [4.69, 9.17) is 0 Å². The average molecular weight is 385 g/mol. The van der Waals surface area contributed by atoms with Crippen molar-refractivity contribution in [3.63, 3.8) is 0 Å². The van der Waals surface area contributed by atoms with Gasteiger partial charge in [0.1, 0.15) is 0 Å². The molecule has 0 bridgehead atoms. The summed E-state index contributed by atoms with van der Waals surface area (Å²) in [7, 11) is -3.52. The first-order chi connectivity index (χ1) is 11.9. The van der Waals surface area contributed by atoms with Crippen molar-refractivity contribution in [3.05, 3.63) is 23.8 Å². The summed E-state index contributed by atoms with van der Waals surface area (Å²) in [6, 6.07) is 4.92. The van der Waals surface area contributed by atoms with Crippen LogP contribution in [0.2, 0.25) is 0 Å². The van der Waals surface area contributed by atoms with Gasteiger partial charge in [-0.1, -0.05) is 32.8 Å². The first-order valence-electron chi connectivity index (χ1n) is 8.90. The Balaban J connectivity index is 2.09. The third-order valence-corrected chi connectivity index (χ3v) is 8.00. The molecule has 7 heteroatoms. The highest BCUT2D eigenvalue weighted by molar-refractivity contribution is 8.00. The largest absolute Gasteiger partial charge is 0.325 e. The van der Waals surface area contributed by atoms with Crippen LogP contribution in [0.1, 0.15) is 45.1 Å². The molecule has 5 nitrogen and oxygen atoms in total. The number of carbonyl (C=O) groups is 1. The standard InChI is InChI=1S/C18H28N2O3S2/c1-4-20(5-2)25(22,23)16-11-10-14(3)17(12-16)19-18(21)13-24-15-8-6-7-9-15/h10-12,15H,4-9,13H2,1-3H3,(H,19,21). The molecule has 25 heavy (non-hydrogen) atoms. The fraction of sp³-hybridized carbons (Fsp3) is 0.611. The van der Waals surface area contributed by atoms with E-state index in [9.17, 15) is 13.2 Å². The maximum Gasteiger partial charge on any atom is 0.243 e. The molecule has 0 spiro atoms. The second-order valence-corrected chi connectivity index (χ2v) is 9.56. The van der Waals surface area contributed by atoms with Gasteiger partial charge in [0.15, 0.2) is 0 Å². The molecule has 2 rings (SSSR count). The van der Waals surface area contributed by atoms with Crippen LogP contribution >= 0.6 is 11.8 Å². The van der Waals surface area contributed by atoms with E-state index >= 15 is 0 Å². The van der Waals surface area contributed by atoms with Gasteiger partial charge in [-0.15, -0.1) is 11.8 Å². The first kappa shape index (κ1) is 20.3. The molecular weight excluding hydrogens is 356 g/mol. The van der Waals surface area contributed by atoms with Gasteiger partial charge in [-0.3, -0.25) is 4.79 Å². The molecule has 0 unspecified atom stereocenters. The third kappa shape index (κ3) is 5.21. The highest BCUT2D eigenvalue weighted by Crippen LogP contribution is 2.29. The summed E-state index contributed by atoms with van der Waals surface area (Å²) in [6.07, 6.45) is 4.89. The molecule has 1 fully saturated rings. The topological polar surface area (TPSA) is 66.5 Å². The molecule has 1 N–H and O–H groups in total. The van der Waals surface area contributed by atoms with Gasteiger partial charge < -0.3 is 5.32 Å². The lowest BCUT2D eigenvalue weighted by Crippen LogP contribution is -2.30. The summed E-state index contributed by atoms with van der Waals surface area (Å²) in [5, 5.41) is 3.46. The van der Waals surface area contributed by atoms with Crippen LogP contribution in [0.5, 0.6) is 0 Å². The number of aryl methyl sites for hydroxylation is 1. The minimum Gasteiger partial charge on any atom is -0.325 e. The van der Waals surface area contributed by atoms with Crippen molar-refractivity contribution in [2.24, 2.45) is 0 Å². The fourth-order valence-corrected chi connectivity index (χ4v) is 5.65.